The molecule has 1 rings (SSSR count). The number of alkyl halides is 3. The predicted octanol–water partition coefficient (Wildman–Crippen LogP) is 14.9. The van der Waals surface area contributed by atoms with Crippen LogP contribution < -0.4 is 0 Å². The van der Waals surface area contributed by atoms with Gasteiger partial charge in [-0.3, -0.25) is 0 Å². The Morgan fingerprint density at radius 2 is 1.11 bits per heavy atom. The van der Waals surface area contributed by atoms with E-state index in [-0.39, 0.29) is 10.6 Å². The maximum Gasteiger partial charge on any atom is 0.412 e. The van der Waals surface area contributed by atoms with Gasteiger partial charge < -0.3 is 10.0 Å². The van der Waals surface area contributed by atoms with Crippen LogP contribution in [0.3, 0.4) is 0 Å². The molecule has 2 nitrogen and oxygen atoms in total. The van der Waals surface area contributed by atoms with Crippen LogP contribution in [0, 0.1) is 0 Å². The third kappa shape index (κ3) is 39.1. The van der Waals surface area contributed by atoms with Gasteiger partial charge in [0.1, 0.15) is 0 Å². The van der Waals surface area contributed by atoms with Gasteiger partial charge in [0, 0.05) is 23.7 Å². The molecule has 0 aromatic heterocycles. The van der Waals surface area contributed by atoms with Gasteiger partial charge in [-0.1, -0.05) is 132 Å². The SMILES string of the molecule is C=C(C)CCCCCC.C=C(C)CCCN1CCC(O)(C(/C=C(\C)C(F)(F)F)=C(/C)Cl)CC1.CC.CC.CC.CC.CC.CC. The van der Waals surface area contributed by atoms with Crippen LogP contribution in [0.25, 0.3) is 0 Å². The Kier molecular flexibility index (Phi) is 56.7. The number of likely N-dealkylation sites (tertiary alicyclic amines) is 1. The van der Waals surface area contributed by atoms with E-state index in [4.69, 9.17) is 11.6 Å². The average molecular weight is 673 g/mol. The predicted molar refractivity (Wildman–Crippen MR) is 205 cm³/mol. The van der Waals surface area contributed by atoms with E-state index in [1.807, 2.05) is 90.0 Å². The van der Waals surface area contributed by atoms with Crippen LogP contribution in [-0.4, -0.2) is 41.4 Å². The maximum atomic E-state index is 12.8. The molecule has 1 fully saturated rings. The van der Waals surface area contributed by atoms with Gasteiger partial charge in [-0.05, 0) is 84.4 Å². The summed E-state index contributed by atoms with van der Waals surface area (Å²) in [6.45, 7) is 42.8. The summed E-state index contributed by atoms with van der Waals surface area (Å²) in [7, 11) is 0. The summed E-state index contributed by atoms with van der Waals surface area (Å²) >= 11 is 6.00. The first-order chi connectivity index (χ1) is 21.2. The molecule has 1 heterocycles. The van der Waals surface area contributed by atoms with E-state index in [9.17, 15) is 18.3 Å². The molecular formula is C39H81ClF3NO. The second-order valence-corrected chi connectivity index (χ2v) is 10.0. The lowest BCUT2D eigenvalue weighted by atomic mass is 9.82. The zero-order valence-electron chi connectivity index (χ0n) is 33.4. The molecule has 45 heavy (non-hydrogen) atoms. The van der Waals surface area contributed by atoms with Gasteiger partial charge in [0.15, 0.2) is 0 Å². The van der Waals surface area contributed by atoms with Gasteiger partial charge in [0.25, 0.3) is 0 Å². The number of aliphatic hydroxyl groups is 1. The Balaban J connectivity index is -0.000000114. The van der Waals surface area contributed by atoms with E-state index >= 15 is 0 Å². The third-order valence-electron chi connectivity index (χ3n) is 5.90. The Hall–Kier alpha value is -1.04. The fourth-order valence-electron chi connectivity index (χ4n) is 3.73. The van der Waals surface area contributed by atoms with Crippen LogP contribution in [0.5, 0.6) is 0 Å². The molecule has 0 aliphatic carbocycles. The zero-order valence-corrected chi connectivity index (χ0v) is 34.1. The summed E-state index contributed by atoms with van der Waals surface area (Å²) in [5.41, 5.74) is 0.587. The topological polar surface area (TPSA) is 23.5 Å². The van der Waals surface area contributed by atoms with Gasteiger partial charge in [-0.15, -0.1) is 13.2 Å². The summed E-state index contributed by atoms with van der Waals surface area (Å²) in [6, 6.07) is 0. The van der Waals surface area contributed by atoms with Crippen LogP contribution in [0.1, 0.15) is 175 Å². The van der Waals surface area contributed by atoms with Crippen LogP contribution in [0.4, 0.5) is 13.2 Å². The molecule has 276 valence electrons. The molecular weight excluding hydrogens is 591 g/mol. The summed E-state index contributed by atoms with van der Waals surface area (Å²) in [6.07, 6.45) is 5.92. The van der Waals surface area contributed by atoms with Crippen molar-refractivity contribution in [2.75, 3.05) is 19.6 Å². The molecule has 1 N–H and O–H groups in total. The van der Waals surface area contributed by atoms with Crippen LogP contribution in [-0.2, 0) is 0 Å². The molecule has 0 aromatic carbocycles. The van der Waals surface area contributed by atoms with Gasteiger partial charge in [-0.25, -0.2) is 0 Å². The smallest absolute Gasteiger partial charge is 0.385 e. The molecule has 0 radical (unpaired) electrons. The van der Waals surface area contributed by atoms with Crippen molar-refractivity contribution in [2.24, 2.45) is 0 Å². The lowest BCUT2D eigenvalue weighted by Gasteiger charge is -2.39. The Bertz CT molecular complexity index is 670. The number of hydrogen-bond donors (Lipinski definition) is 1. The van der Waals surface area contributed by atoms with Crippen molar-refractivity contribution < 1.29 is 18.3 Å². The number of piperidine rings is 1. The lowest BCUT2D eigenvalue weighted by molar-refractivity contribution is -0.0915. The number of halogens is 4. The van der Waals surface area contributed by atoms with Crippen LogP contribution in [0.15, 0.2) is 46.6 Å². The summed E-state index contributed by atoms with van der Waals surface area (Å²) in [5, 5.41) is 11.1. The largest absolute Gasteiger partial charge is 0.412 e. The van der Waals surface area contributed by atoms with Crippen molar-refractivity contribution in [3.63, 3.8) is 0 Å². The second-order valence-electron chi connectivity index (χ2n) is 9.47. The van der Waals surface area contributed by atoms with Gasteiger partial charge in [0.05, 0.1) is 5.60 Å². The standard InChI is InChI=1S/C18H27ClF3NO.C9H18.6C2H6/c1-13(2)6-5-9-23-10-7-17(24,8-11-23)16(15(4)19)12-14(3)18(20,21)22;1-4-5-6-7-8-9(2)3;6*1-2/h12,24H,1,5-11H2,2-4H3;2,4-8H2,1,3H3;6*1-2H3/b14-12+,16-15-;;;;;;;. The molecule has 1 aliphatic rings. The fraction of sp³-hybridized carbons (Fsp3) is 0.795. The summed E-state index contributed by atoms with van der Waals surface area (Å²) in [5.74, 6) is 0. The highest BCUT2D eigenvalue weighted by Crippen LogP contribution is 2.36. The van der Waals surface area contributed by atoms with E-state index in [2.05, 4.69) is 31.9 Å². The van der Waals surface area contributed by atoms with Crippen molar-refractivity contribution in [2.45, 2.75) is 187 Å². The van der Waals surface area contributed by atoms with Gasteiger partial charge >= 0.3 is 6.18 Å². The third-order valence-corrected chi connectivity index (χ3v) is 6.10. The van der Waals surface area contributed by atoms with Crippen molar-refractivity contribution in [3.8, 4) is 0 Å². The number of allylic oxidation sites excluding steroid dienone is 4. The molecule has 0 atom stereocenters. The summed E-state index contributed by atoms with van der Waals surface area (Å²) in [4.78, 5) is 2.22. The van der Waals surface area contributed by atoms with Crippen molar-refractivity contribution in [1.82, 2.24) is 4.90 Å². The van der Waals surface area contributed by atoms with Crippen molar-refractivity contribution >= 4 is 11.6 Å². The Morgan fingerprint density at radius 1 is 0.733 bits per heavy atom. The molecule has 0 spiro atoms. The molecule has 0 amide bonds. The minimum atomic E-state index is -4.42. The van der Waals surface area contributed by atoms with Crippen molar-refractivity contribution in [3.05, 3.63) is 46.6 Å². The monoisotopic (exact) mass is 672 g/mol. The summed E-state index contributed by atoms with van der Waals surface area (Å²) < 4.78 is 38.4. The molecule has 1 aliphatic heterocycles. The average Bonchev–Trinajstić information content (AvgIpc) is 3.04. The van der Waals surface area contributed by atoms with E-state index in [1.54, 1.807) is 0 Å². The molecule has 0 unspecified atom stereocenters. The molecule has 0 aromatic rings. The number of unbranched alkanes of at least 4 members (excludes halogenated alkanes) is 3. The van der Waals surface area contributed by atoms with E-state index in [1.165, 1.54) is 44.6 Å². The van der Waals surface area contributed by atoms with E-state index in [0.29, 0.717) is 25.9 Å². The molecule has 6 heteroatoms. The first kappa shape index (κ1) is 59.4. The number of rotatable bonds is 11. The van der Waals surface area contributed by atoms with Crippen molar-refractivity contribution in [1.29, 1.82) is 0 Å². The highest BCUT2D eigenvalue weighted by Gasteiger charge is 2.38. The van der Waals surface area contributed by atoms with E-state index in [0.717, 1.165) is 38.0 Å². The highest BCUT2D eigenvalue weighted by molar-refractivity contribution is 6.29. The first-order valence-corrected chi connectivity index (χ1v) is 18.5. The van der Waals surface area contributed by atoms with Gasteiger partial charge in [0.2, 0.25) is 0 Å². The van der Waals surface area contributed by atoms with Gasteiger partial charge in [-0.2, -0.15) is 13.2 Å². The van der Waals surface area contributed by atoms with Crippen LogP contribution >= 0.6 is 11.6 Å². The second kappa shape index (κ2) is 43.0. The minimum absolute atomic E-state index is 0.181. The highest BCUT2D eigenvalue weighted by atomic mass is 35.5. The normalized spacial score (nSPS) is 13.8. The lowest BCUT2D eigenvalue weighted by Crippen LogP contribution is -2.45. The zero-order chi connectivity index (χ0) is 37.7. The molecule has 0 saturated carbocycles. The first-order valence-electron chi connectivity index (χ1n) is 18.1. The van der Waals surface area contributed by atoms with Crippen LogP contribution in [0.2, 0.25) is 0 Å². The fourth-order valence-corrected chi connectivity index (χ4v) is 3.96. The number of nitrogens with zero attached hydrogens (tertiary/aromatic N) is 1. The molecule has 0 bridgehead atoms. The Labute approximate surface area is 287 Å². The van der Waals surface area contributed by atoms with E-state index < -0.39 is 17.4 Å². The Morgan fingerprint density at radius 3 is 1.42 bits per heavy atom. The minimum Gasteiger partial charge on any atom is -0.385 e. The number of hydrogen-bond acceptors (Lipinski definition) is 2. The maximum absolute atomic E-state index is 12.8. The molecule has 1 saturated heterocycles. The quantitative estimate of drug-likeness (QED) is 0.134.